The number of likely N-dealkylation sites (tertiary alicyclic amines) is 2. The first kappa shape index (κ1) is 22.2. The number of amides is 2. The number of rotatable bonds is 4. The van der Waals surface area contributed by atoms with Gasteiger partial charge in [0.15, 0.2) is 9.76 Å². The van der Waals surface area contributed by atoms with Gasteiger partial charge in [-0.3, -0.25) is 4.79 Å². The normalized spacial score (nSPS) is 27.4. The van der Waals surface area contributed by atoms with E-state index >= 15 is 0 Å². The van der Waals surface area contributed by atoms with Crippen LogP contribution < -0.4 is 0 Å². The Kier molecular flexibility index (Phi) is 6.37. The smallest absolute Gasteiger partial charge is 0.407 e. The van der Waals surface area contributed by atoms with Gasteiger partial charge in [-0.15, -0.1) is 0 Å². The van der Waals surface area contributed by atoms with E-state index in [0.717, 1.165) is 19.3 Å². The molecule has 0 spiro atoms. The van der Waals surface area contributed by atoms with Crippen LogP contribution in [0.4, 0.5) is 4.79 Å². The Bertz CT molecular complexity index is 571. The number of carboxylic acid groups (broad SMARTS) is 1. The molecule has 2 aliphatic heterocycles. The minimum atomic E-state index is -0.858. The first-order valence-corrected chi connectivity index (χ1v) is 11.5. The van der Waals surface area contributed by atoms with Crippen molar-refractivity contribution in [2.45, 2.75) is 84.4 Å². The summed E-state index contributed by atoms with van der Waals surface area (Å²) < 4.78 is 6.44. The van der Waals surface area contributed by atoms with Crippen LogP contribution in [-0.4, -0.2) is 67.9 Å². The second-order valence-electron chi connectivity index (χ2n) is 10.5. The molecule has 1 N–H and O–H groups in total. The fourth-order valence-corrected chi connectivity index (χ4v) is 5.52. The maximum atomic E-state index is 13.3. The predicted octanol–water partition coefficient (Wildman–Crippen LogP) is 3.10. The van der Waals surface area contributed by atoms with Gasteiger partial charge in [-0.25, -0.2) is 4.79 Å². The molecule has 0 aromatic rings. The summed E-state index contributed by atoms with van der Waals surface area (Å²) in [7, 11) is -0.717. The molecule has 2 heterocycles. The van der Waals surface area contributed by atoms with Crippen LogP contribution in [0.5, 0.6) is 0 Å². The average molecular weight is 399 g/mol. The zero-order valence-corrected chi connectivity index (χ0v) is 19.6. The molecule has 6 nitrogen and oxygen atoms in total. The molecule has 27 heavy (non-hydrogen) atoms. The molecule has 2 atom stereocenters. The van der Waals surface area contributed by atoms with E-state index in [9.17, 15) is 14.7 Å². The molecular weight excluding hydrogens is 360 g/mol. The second kappa shape index (κ2) is 7.74. The topological polar surface area (TPSA) is 70.1 Å². The van der Waals surface area contributed by atoms with Gasteiger partial charge >= 0.3 is 6.09 Å². The molecule has 0 saturated carbocycles. The van der Waals surface area contributed by atoms with Crippen LogP contribution in [0.1, 0.15) is 67.7 Å². The maximum Gasteiger partial charge on any atom is 0.407 e. The Labute approximate surface area is 166 Å². The third-order valence-corrected chi connectivity index (χ3v) is 7.94. The largest absolute Gasteiger partial charge is 0.465 e. The average Bonchev–Trinajstić information content (AvgIpc) is 2.70. The van der Waals surface area contributed by atoms with Gasteiger partial charge in [-0.1, -0.05) is 34.6 Å². The summed E-state index contributed by atoms with van der Waals surface area (Å²) in [6.07, 6.45) is 1.54. The monoisotopic (exact) mass is 398 g/mol. The van der Waals surface area contributed by atoms with Crippen molar-refractivity contribution < 1.29 is 19.1 Å². The van der Waals surface area contributed by atoms with Gasteiger partial charge in [0.25, 0.3) is 0 Å². The quantitative estimate of drug-likeness (QED) is 0.739. The first-order valence-electron chi connectivity index (χ1n) is 10.2. The van der Waals surface area contributed by atoms with Crippen LogP contribution >= 0.6 is 0 Å². The highest BCUT2D eigenvalue weighted by molar-refractivity contribution is 6.31. The fourth-order valence-electron chi connectivity index (χ4n) is 4.52. The van der Waals surface area contributed by atoms with Gasteiger partial charge in [0.2, 0.25) is 5.91 Å². The van der Waals surface area contributed by atoms with Gasteiger partial charge in [0, 0.05) is 31.6 Å². The third kappa shape index (κ3) is 5.05. The molecule has 0 bridgehead atoms. The van der Waals surface area contributed by atoms with E-state index in [1.807, 2.05) is 18.7 Å². The van der Waals surface area contributed by atoms with Crippen LogP contribution in [0.2, 0.25) is 5.04 Å². The van der Waals surface area contributed by atoms with E-state index in [2.05, 4.69) is 34.6 Å². The first-order chi connectivity index (χ1) is 12.3. The van der Waals surface area contributed by atoms with Gasteiger partial charge in [-0.05, 0) is 38.1 Å². The van der Waals surface area contributed by atoms with Crippen molar-refractivity contribution in [3.05, 3.63) is 0 Å². The summed E-state index contributed by atoms with van der Waals surface area (Å²) in [5, 5.41) is 9.47. The van der Waals surface area contributed by atoms with Crippen LogP contribution in [0.15, 0.2) is 0 Å². The summed E-state index contributed by atoms with van der Waals surface area (Å²) in [5.41, 5.74) is -0.806. The minimum Gasteiger partial charge on any atom is -0.465 e. The Morgan fingerprint density at radius 1 is 1.19 bits per heavy atom. The van der Waals surface area contributed by atoms with Crippen molar-refractivity contribution in [3.8, 4) is 0 Å². The van der Waals surface area contributed by atoms with E-state index < -0.39 is 21.3 Å². The lowest BCUT2D eigenvalue weighted by Gasteiger charge is -2.40. The highest BCUT2D eigenvalue weighted by Gasteiger charge is 2.54. The molecule has 0 aromatic carbocycles. The van der Waals surface area contributed by atoms with Crippen molar-refractivity contribution in [2.24, 2.45) is 11.3 Å². The Morgan fingerprint density at radius 2 is 1.81 bits per heavy atom. The molecule has 2 rings (SSSR count). The van der Waals surface area contributed by atoms with E-state index in [1.54, 1.807) is 0 Å². The number of carbonyl (C=O) groups is 2. The highest BCUT2D eigenvalue weighted by Crippen LogP contribution is 2.46. The summed E-state index contributed by atoms with van der Waals surface area (Å²) in [6.45, 7) is 16.8. The zero-order chi connectivity index (χ0) is 20.6. The number of carbonyl (C=O) groups excluding carboxylic acids is 1. The molecule has 2 saturated heterocycles. The minimum absolute atomic E-state index is 0.127. The number of nitrogens with zero attached hydrogens (tertiary/aromatic N) is 2. The highest BCUT2D eigenvalue weighted by atomic mass is 28.2. The molecule has 0 aromatic heterocycles. The molecular formula is C20H38N2O4Si. The zero-order valence-electron chi connectivity index (χ0n) is 18.2. The van der Waals surface area contributed by atoms with Crippen molar-refractivity contribution in [3.63, 3.8) is 0 Å². The lowest BCUT2D eigenvalue weighted by atomic mass is 9.73. The van der Waals surface area contributed by atoms with Gasteiger partial charge < -0.3 is 19.3 Å². The Hall–Kier alpha value is -1.08. The molecule has 2 aliphatic rings. The van der Waals surface area contributed by atoms with Crippen LogP contribution in [0.25, 0.3) is 0 Å². The van der Waals surface area contributed by atoms with Crippen LogP contribution in [0, 0.1) is 11.3 Å². The maximum absolute atomic E-state index is 13.3. The van der Waals surface area contributed by atoms with Crippen molar-refractivity contribution in [1.82, 2.24) is 9.80 Å². The van der Waals surface area contributed by atoms with Crippen molar-refractivity contribution >= 4 is 21.8 Å². The molecule has 2 unspecified atom stereocenters. The van der Waals surface area contributed by atoms with Crippen LogP contribution in [-0.2, 0) is 9.22 Å². The predicted molar refractivity (Wildman–Crippen MR) is 110 cm³/mol. The van der Waals surface area contributed by atoms with E-state index in [1.165, 1.54) is 4.90 Å². The molecule has 7 heteroatoms. The lowest BCUT2D eigenvalue weighted by molar-refractivity contribution is -0.138. The number of hydrogen-bond acceptors (Lipinski definition) is 3. The molecule has 0 aliphatic carbocycles. The van der Waals surface area contributed by atoms with E-state index in [-0.39, 0.29) is 28.5 Å². The second-order valence-corrected chi connectivity index (χ2v) is 13.2. The SMILES string of the molecule is CC(C)(C)[SiH2]OC(C)(C)C1CN(C2CCCN(C(=O)O)CC2)C(=O)C1(C)C. The summed E-state index contributed by atoms with van der Waals surface area (Å²) in [4.78, 5) is 28.0. The summed E-state index contributed by atoms with van der Waals surface area (Å²) in [5.74, 6) is 0.321. The number of hydrogen-bond donors (Lipinski definition) is 1. The molecule has 156 valence electrons. The van der Waals surface area contributed by atoms with Gasteiger partial charge in [-0.2, -0.15) is 0 Å². The molecule has 2 amide bonds. The summed E-state index contributed by atoms with van der Waals surface area (Å²) >= 11 is 0. The van der Waals surface area contributed by atoms with Crippen molar-refractivity contribution in [2.75, 3.05) is 19.6 Å². The molecule has 2 fully saturated rings. The Balaban J connectivity index is 2.13. The Morgan fingerprint density at radius 3 is 2.37 bits per heavy atom. The molecule has 0 radical (unpaired) electrons. The lowest BCUT2D eigenvalue weighted by Crippen LogP contribution is -2.45. The van der Waals surface area contributed by atoms with E-state index in [4.69, 9.17) is 4.43 Å². The van der Waals surface area contributed by atoms with Crippen LogP contribution in [0.3, 0.4) is 0 Å². The van der Waals surface area contributed by atoms with E-state index in [0.29, 0.717) is 19.6 Å². The van der Waals surface area contributed by atoms with Gasteiger partial charge in [0.1, 0.15) is 0 Å². The summed E-state index contributed by atoms with van der Waals surface area (Å²) in [6, 6.07) is 0.127. The third-order valence-electron chi connectivity index (χ3n) is 6.19. The standard InChI is InChI=1S/C20H38N2O4Si/c1-18(2,3)27-26-20(6,7)15-13-22(16(23)19(15,4)5)14-9-8-11-21(12-10-14)17(24)25/h14-15H,8-13,27H2,1-7H3,(H,24,25). The van der Waals surface area contributed by atoms with Crippen molar-refractivity contribution in [1.29, 1.82) is 0 Å². The van der Waals surface area contributed by atoms with Gasteiger partial charge in [0.05, 0.1) is 11.0 Å². The fraction of sp³-hybridized carbons (Fsp3) is 0.900.